The fourth-order valence-corrected chi connectivity index (χ4v) is 2.23. The van der Waals surface area contributed by atoms with Crippen molar-refractivity contribution >= 4 is 17.5 Å². The number of ether oxygens (including phenoxy) is 1. The first-order chi connectivity index (χ1) is 9.51. The number of anilines is 1. The monoisotopic (exact) mass is 297 g/mol. The zero-order valence-corrected chi connectivity index (χ0v) is 12.4. The summed E-state index contributed by atoms with van der Waals surface area (Å²) < 4.78 is 20.0. The molecule has 0 saturated heterocycles. The fraction of sp³-hybridized carbons (Fsp3) is 0.357. The smallest absolute Gasteiger partial charge is 0.208 e. The summed E-state index contributed by atoms with van der Waals surface area (Å²) in [7, 11) is 1.65. The van der Waals surface area contributed by atoms with Gasteiger partial charge in [-0.3, -0.25) is 4.57 Å². The Balaban J connectivity index is 2.36. The number of halogens is 2. The molecule has 1 heterocycles. The van der Waals surface area contributed by atoms with Crippen molar-refractivity contribution < 1.29 is 9.13 Å². The first-order valence-electron chi connectivity index (χ1n) is 6.28. The van der Waals surface area contributed by atoms with Gasteiger partial charge < -0.3 is 10.1 Å². The van der Waals surface area contributed by atoms with E-state index in [9.17, 15) is 4.39 Å². The Bertz CT molecular complexity index is 600. The third-order valence-corrected chi connectivity index (χ3v) is 3.09. The molecular weight excluding hydrogens is 281 g/mol. The molecule has 0 bridgehead atoms. The molecule has 0 amide bonds. The van der Waals surface area contributed by atoms with Gasteiger partial charge in [0.05, 0.1) is 23.0 Å². The standard InChI is InChI=1S/C14H17ClFN3O/c1-9-7-19(13-5-4-11(16)6-12(13)15)14(17-9)18-10(2)8-20-3/h4-7,10H,8H2,1-3H3,(H,17,18). The lowest BCUT2D eigenvalue weighted by Gasteiger charge is -2.15. The van der Waals surface area contributed by atoms with Crippen molar-refractivity contribution in [2.45, 2.75) is 19.9 Å². The lowest BCUT2D eigenvalue weighted by molar-refractivity contribution is 0.190. The van der Waals surface area contributed by atoms with Crippen LogP contribution in [0.25, 0.3) is 5.69 Å². The SMILES string of the molecule is COCC(C)Nc1nc(C)cn1-c1ccc(F)cc1Cl. The number of rotatable bonds is 5. The molecular formula is C14H17ClFN3O. The highest BCUT2D eigenvalue weighted by atomic mass is 35.5. The molecule has 1 unspecified atom stereocenters. The number of aromatic nitrogens is 2. The van der Waals surface area contributed by atoms with Crippen molar-refractivity contribution in [2.24, 2.45) is 0 Å². The summed E-state index contributed by atoms with van der Waals surface area (Å²) >= 11 is 6.10. The van der Waals surface area contributed by atoms with Gasteiger partial charge in [-0.05, 0) is 32.0 Å². The molecule has 20 heavy (non-hydrogen) atoms. The molecule has 1 N–H and O–H groups in total. The van der Waals surface area contributed by atoms with Gasteiger partial charge in [-0.25, -0.2) is 9.37 Å². The van der Waals surface area contributed by atoms with Crippen LogP contribution in [-0.4, -0.2) is 29.3 Å². The second-order valence-electron chi connectivity index (χ2n) is 4.67. The Labute approximate surface area is 122 Å². The van der Waals surface area contributed by atoms with Crippen LogP contribution in [0.4, 0.5) is 10.3 Å². The van der Waals surface area contributed by atoms with Gasteiger partial charge in [0, 0.05) is 19.3 Å². The van der Waals surface area contributed by atoms with E-state index in [0.29, 0.717) is 23.3 Å². The number of hydrogen-bond acceptors (Lipinski definition) is 3. The third-order valence-electron chi connectivity index (χ3n) is 2.79. The van der Waals surface area contributed by atoms with Crippen molar-refractivity contribution in [2.75, 3.05) is 19.0 Å². The summed E-state index contributed by atoms with van der Waals surface area (Å²) in [5, 5.41) is 3.58. The van der Waals surface area contributed by atoms with Gasteiger partial charge in [0.2, 0.25) is 5.95 Å². The minimum absolute atomic E-state index is 0.0970. The van der Waals surface area contributed by atoms with Crippen molar-refractivity contribution in [3.05, 3.63) is 40.9 Å². The first kappa shape index (κ1) is 14.8. The van der Waals surface area contributed by atoms with Crippen LogP contribution in [0.1, 0.15) is 12.6 Å². The first-order valence-corrected chi connectivity index (χ1v) is 6.66. The van der Waals surface area contributed by atoms with Gasteiger partial charge in [0.15, 0.2) is 0 Å². The molecule has 0 saturated carbocycles. The molecule has 0 aliphatic heterocycles. The quantitative estimate of drug-likeness (QED) is 0.919. The number of nitrogens with zero attached hydrogens (tertiary/aromatic N) is 2. The average Bonchev–Trinajstić information content (AvgIpc) is 2.70. The largest absolute Gasteiger partial charge is 0.383 e. The number of imidazole rings is 1. The van der Waals surface area contributed by atoms with Gasteiger partial charge in [-0.2, -0.15) is 0 Å². The van der Waals surface area contributed by atoms with E-state index in [1.165, 1.54) is 12.1 Å². The Morgan fingerprint density at radius 2 is 2.25 bits per heavy atom. The van der Waals surface area contributed by atoms with Gasteiger partial charge in [-0.1, -0.05) is 11.6 Å². The van der Waals surface area contributed by atoms with E-state index in [1.807, 2.05) is 24.6 Å². The fourth-order valence-electron chi connectivity index (χ4n) is 1.97. The second-order valence-corrected chi connectivity index (χ2v) is 5.08. The highest BCUT2D eigenvalue weighted by molar-refractivity contribution is 6.32. The summed E-state index contributed by atoms with van der Waals surface area (Å²) in [5.74, 6) is 0.290. The Morgan fingerprint density at radius 1 is 1.50 bits per heavy atom. The Kier molecular flexibility index (Phi) is 4.62. The van der Waals surface area contributed by atoms with Gasteiger partial charge in [0.25, 0.3) is 0 Å². The molecule has 0 fully saturated rings. The van der Waals surface area contributed by atoms with Crippen molar-refractivity contribution in [1.82, 2.24) is 9.55 Å². The Hall–Kier alpha value is -1.59. The zero-order valence-electron chi connectivity index (χ0n) is 11.7. The van der Waals surface area contributed by atoms with Crippen molar-refractivity contribution in [3.63, 3.8) is 0 Å². The van der Waals surface area contributed by atoms with Crippen LogP contribution < -0.4 is 5.32 Å². The van der Waals surface area contributed by atoms with E-state index in [2.05, 4.69) is 10.3 Å². The lowest BCUT2D eigenvalue weighted by atomic mass is 10.3. The zero-order chi connectivity index (χ0) is 14.7. The topological polar surface area (TPSA) is 39.1 Å². The summed E-state index contributed by atoms with van der Waals surface area (Å²) in [6, 6.07) is 4.39. The van der Waals surface area contributed by atoms with Crippen LogP contribution in [0.2, 0.25) is 5.02 Å². The molecule has 1 atom stereocenters. The summed E-state index contributed by atoms with van der Waals surface area (Å²) in [4.78, 5) is 4.42. The van der Waals surface area contributed by atoms with Crippen LogP contribution in [-0.2, 0) is 4.74 Å². The van der Waals surface area contributed by atoms with E-state index >= 15 is 0 Å². The van der Waals surface area contributed by atoms with Crippen molar-refractivity contribution in [1.29, 1.82) is 0 Å². The number of benzene rings is 1. The third kappa shape index (κ3) is 3.29. The summed E-state index contributed by atoms with van der Waals surface area (Å²) in [5.41, 5.74) is 1.53. The maximum Gasteiger partial charge on any atom is 0.208 e. The summed E-state index contributed by atoms with van der Waals surface area (Å²) in [6.07, 6.45) is 1.85. The number of aryl methyl sites for hydroxylation is 1. The molecule has 0 aliphatic carbocycles. The number of nitrogens with one attached hydrogen (secondary N) is 1. The average molecular weight is 298 g/mol. The van der Waals surface area contributed by atoms with Crippen LogP contribution in [0.15, 0.2) is 24.4 Å². The molecule has 0 radical (unpaired) electrons. The molecule has 1 aromatic carbocycles. The van der Waals surface area contributed by atoms with Gasteiger partial charge in [0.1, 0.15) is 5.82 Å². The van der Waals surface area contributed by atoms with Crippen molar-refractivity contribution in [3.8, 4) is 5.69 Å². The minimum atomic E-state index is -0.363. The van der Waals surface area contributed by atoms with E-state index < -0.39 is 0 Å². The number of hydrogen-bond donors (Lipinski definition) is 1. The van der Waals surface area contributed by atoms with E-state index in [1.54, 1.807) is 13.2 Å². The molecule has 4 nitrogen and oxygen atoms in total. The highest BCUT2D eigenvalue weighted by Gasteiger charge is 2.13. The van der Waals surface area contributed by atoms with E-state index in [-0.39, 0.29) is 11.9 Å². The normalized spacial score (nSPS) is 12.4. The molecule has 2 aromatic rings. The minimum Gasteiger partial charge on any atom is -0.383 e. The van der Waals surface area contributed by atoms with Gasteiger partial charge in [-0.15, -0.1) is 0 Å². The molecule has 6 heteroatoms. The van der Waals surface area contributed by atoms with E-state index in [0.717, 1.165) is 5.69 Å². The van der Waals surface area contributed by atoms with Crippen LogP contribution in [0.3, 0.4) is 0 Å². The predicted molar refractivity (Wildman–Crippen MR) is 78.2 cm³/mol. The molecule has 1 aromatic heterocycles. The van der Waals surface area contributed by atoms with Crippen LogP contribution >= 0.6 is 11.6 Å². The van der Waals surface area contributed by atoms with E-state index in [4.69, 9.17) is 16.3 Å². The summed E-state index contributed by atoms with van der Waals surface area (Å²) in [6.45, 7) is 4.44. The maximum absolute atomic E-state index is 13.1. The van der Waals surface area contributed by atoms with Crippen LogP contribution in [0, 0.1) is 12.7 Å². The van der Waals surface area contributed by atoms with Gasteiger partial charge >= 0.3 is 0 Å². The molecule has 0 spiro atoms. The Morgan fingerprint density at radius 3 is 2.90 bits per heavy atom. The molecule has 0 aliphatic rings. The predicted octanol–water partition coefficient (Wildman–Crippen LogP) is 3.42. The second kappa shape index (κ2) is 6.24. The molecule has 108 valence electrons. The van der Waals surface area contributed by atoms with Crippen LogP contribution in [0.5, 0.6) is 0 Å². The highest BCUT2D eigenvalue weighted by Crippen LogP contribution is 2.25. The lowest BCUT2D eigenvalue weighted by Crippen LogP contribution is -2.22. The number of methoxy groups -OCH3 is 1. The maximum atomic E-state index is 13.1. The molecule has 2 rings (SSSR count).